The maximum Gasteiger partial charge on any atom is 0.252 e. The van der Waals surface area contributed by atoms with Crippen LogP contribution >= 0.6 is 0 Å². The van der Waals surface area contributed by atoms with Gasteiger partial charge in [-0.25, -0.2) is 0 Å². The average Bonchev–Trinajstić information content (AvgIpc) is 2.66. The second-order valence-corrected chi connectivity index (χ2v) is 6.67. The molecule has 1 aromatic heterocycles. The normalized spacial score (nSPS) is 12.0. The summed E-state index contributed by atoms with van der Waals surface area (Å²) in [4.78, 5) is 25.8. The minimum absolute atomic E-state index is 0.213. The van der Waals surface area contributed by atoms with Crippen LogP contribution in [0.25, 0.3) is 10.9 Å². The summed E-state index contributed by atoms with van der Waals surface area (Å²) in [6, 6.07) is 14.2. The van der Waals surface area contributed by atoms with Gasteiger partial charge in [0.1, 0.15) is 11.8 Å². The standard InChI is InChI=1S/C22H24N2O3/c1-5-18(22(26)23-16-11-9-14(2)10-12-16)24-20(25)13-15(3)17-7-6-8-19(27-4)21(17)24/h6-13,18H,5H2,1-4H3,(H,23,26)/t18-/m1/s1. The molecule has 0 unspecified atom stereocenters. The molecule has 140 valence electrons. The van der Waals surface area contributed by atoms with Gasteiger partial charge >= 0.3 is 0 Å². The summed E-state index contributed by atoms with van der Waals surface area (Å²) in [6.07, 6.45) is 0.480. The molecule has 0 fully saturated rings. The van der Waals surface area contributed by atoms with Gasteiger partial charge in [0.15, 0.2) is 0 Å². The van der Waals surface area contributed by atoms with Gasteiger partial charge in [-0.2, -0.15) is 0 Å². The van der Waals surface area contributed by atoms with Crippen LogP contribution in [-0.4, -0.2) is 17.6 Å². The Labute approximate surface area is 158 Å². The number of methoxy groups -OCH3 is 1. The summed E-state index contributed by atoms with van der Waals surface area (Å²) in [6.45, 7) is 5.78. The first-order valence-corrected chi connectivity index (χ1v) is 9.02. The van der Waals surface area contributed by atoms with Crippen LogP contribution in [0.3, 0.4) is 0 Å². The zero-order chi connectivity index (χ0) is 19.6. The van der Waals surface area contributed by atoms with Crippen molar-refractivity contribution < 1.29 is 9.53 Å². The van der Waals surface area contributed by atoms with E-state index in [-0.39, 0.29) is 11.5 Å². The van der Waals surface area contributed by atoms with Crippen molar-refractivity contribution in [3.8, 4) is 5.75 Å². The van der Waals surface area contributed by atoms with Crippen molar-refractivity contribution in [2.24, 2.45) is 0 Å². The maximum atomic E-state index is 13.0. The van der Waals surface area contributed by atoms with Crippen molar-refractivity contribution in [2.45, 2.75) is 33.2 Å². The van der Waals surface area contributed by atoms with Crippen molar-refractivity contribution in [1.29, 1.82) is 0 Å². The predicted molar refractivity (Wildman–Crippen MR) is 109 cm³/mol. The number of aryl methyl sites for hydroxylation is 2. The Kier molecular flexibility index (Phi) is 5.31. The van der Waals surface area contributed by atoms with E-state index < -0.39 is 6.04 Å². The highest BCUT2D eigenvalue weighted by Gasteiger charge is 2.24. The van der Waals surface area contributed by atoms with Crippen molar-refractivity contribution in [1.82, 2.24) is 4.57 Å². The Balaban J connectivity index is 2.12. The average molecular weight is 364 g/mol. The van der Waals surface area contributed by atoms with Gasteiger partial charge in [-0.15, -0.1) is 0 Å². The lowest BCUT2D eigenvalue weighted by atomic mass is 10.1. The van der Waals surface area contributed by atoms with E-state index in [2.05, 4.69) is 5.32 Å². The quantitative estimate of drug-likeness (QED) is 0.737. The fourth-order valence-corrected chi connectivity index (χ4v) is 3.35. The van der Waals surface area contributed by atoms with Crippen LogP contribution < -0.4 is 15.6 Å². The summed E-state index contributed by atoms with van der Waals surface area (Å²) in [5, 5.41) is 3.82. The third-order valence-corrected chi connectivity index (χ3v) is 4.78. The van der Waals surface area contributed by atoms with E-state index in [0.717, 1.165) is 16.5 Å². The summed E-state index contributed by atoms with van der Waals surface area (Å²) in [7, 11) is 1.57. The topological polar surface area (TPSA) is 60.3 Å². The highest BCUT2D eigenvalue weighted by molar-refractivity contribution is 5.96. The Morgan fingerprint density at radius 1 is 1.15 bits per heavy atom. The van der Waals surface area contributed by atoms with Crippen molar-refractivity contribution in [2.75, 3.05) is 12.4 Å². The lowest BCUT2D eigenvalue weighted by Crippen LogP contribution is -2.33. The van der Waals surface area contributed by atoms with Gasteiger partial charge < -0.3 is 10.1 Å². The Morgan fingerprint density at radius 3 is 2.48 bits per heavy atom. The van der Waals surface area contributed by atoms with Crippen LogP contribution in [0, 0.1) is 13.8 Å². The van der Waals surface area contributed by atoms with E-state index in [0.29, 0.717) is 23.4 Å². The van der Waals surface area contributed by atoms with Crippen molar-refractivity contribution in [3.63, 3.8) is 0 Å². The van der Waals surface area contributed by atoms with Crippen molar-refractivity contribution in [3.05, 3.63) is 70.0 Å². The molecule has 1 heterocycles. The number of carbonyl (C=O) groups is 1. The number of fused-ring (bicyclic) bond motifs is 1. The van der Waals surface area contributed by atoms with E-state index in [4.69, 9.17) is 4.74 Å². The molecule has 1 atom stereocenters. The van der Waals surface area contributed by atoms with Crippen LogP contribution in [-0.2, 0) is 4.79 Å². The lowest BCUT2D eigenvalue weighted by Gasteiger charge is -2.22. The number of anilines is 1. The van der Waals surface area contributed by atoms with E-state index >= 15 is 0 Å². The smallest absolute Gasteiger partial charge is 0.252 e. The molecular weight excluding hydrogens is 340 g/mol. The van der Waals surface area contributed by atoms with Gasteiger partial charge in [-0.1, -0.05) is 36.8 Å². The number of carbonyl (C=O) groups excluding carboxylic acids is 1. The third-order valence-electron chi connectivity index (χ3n) is 4.78. The molecule has 0 aliphatic rings. The van der Waals surface area contributed by atoms with E-state index in [9.17, 15) is 9.59 Å². The Morgan fingerprint density at radius 2 is 1.85 bits per heavy atom. The van der Waals surface area contributed by atoms with Crippen LogP contribution in [0.1, 0.15) is 30.5 Å². The molecule has 27 heavy (non-hydrogen) atoms. The first-order valence-electron chi connectivity index (χ1n) is 9.02. The van der Waals surface area contributed by atoms with Gasteiger partial charge in [0, 0.05) is 17.1 Å². The van der Waals surface area contributed by atoms with E-state index in [1.807, 2.05) is 63.2 Å². The molecule has 0 radical (unpaired) electrons. The Hall–Kier alpha value is -3.08. The van der Waals surface area contributed by atoms with E-state index in [1.54, 1.807) is 17.7 Å². The number of pyridine rings is 1. The first kappa shape index (κ1) is 18.7. The molecule has 2 aromatic carbocycles. The zero-order valence-electron chi connectivity index (χ0n) is 16.1. The molecule has 0 aliphatic heterocycles. The SMILES string of the molecule is CC[C@H](C(=O)Nc1ccc(C)cc1)n1c(=O)cc(C)c2cccc(OC)c21. The molecule has 1 amide bonds. The molecule has 3 rings (SSSR count). The van der Waals surface area contributed by atoms with Crippen molar-refractivity contribution >= 4 is 22.5 Å². The van der Waals surface area contributed by atoms with Gasteiger partial charge in [-0.05, 0) is 44.0 Å². The van der Waals surface area contributed by atoms with Crippen LogP contribution in [0.4, 0.5) is 5.69 Å². The Bertz CT molecular complexity index is 1040. The van der Waals surface area contributed by atoms with Gasteiger partial charge in [0.2, 0.25) is 5.91 Å². The number of nitrogens with one attached hydrogen (secondary N) is 1. The number of hydrogen-bond acceptors (Lipinski definition) is 3. The molecule has 5 nitrogen and oxygen atoms in total. The molecular formula is C22H24N2O3. The van der Waals surface area contributed by atoms with Gasteiger partial charge in [0.25, 0.3) is 5.56 Å². The lowest BCUT2D eigenvalue weighted by molar-refractivity contribution is -0.119. The van der Waals surface area contributed by atoms with Gasteiger partial charge in [0.05, 0.1) is 12.6 Å². The second kappa shape index (κ2) is 7.66. The molecule has 0 aliphatic carbocycles. The second-order valence-electron chi connectivity index (χ2n) is 6.67. The predicted octanol–water partition coefficient (Wildman–Crippen LogP) is 4.22. The van der Waals surface area contributed by atoms with Crippen LogP contribution in [0.15, 0.2) is 53.3 Å². The number of hydrogen-bond donors (Lipinski definition) is 1. The number of para-hydroxylation sites is 1. The summed E-state index contributed by atoms with van der Waals surface area (Å²) in [5.41, 5.74) is 3.12. The highest BCUT2D eigenvalue weighted by Crippen LogP contribution is 2.29. The molecule has 5 heteroatoms. The minimum atomic E-state index is -0.641. The van der Waals surface area contributed by atoms with E-state index in [1.165, 1.54) is 0 Å². The third kappa shape index (κ3) is 3.58. The molecule has 0 spiro atoms. The first-order chi connectivity index (χ1) is 13.0. The molecule has 0 saturated carbocycles. The van der Waals surface area contributed by atoms with Gasteiger partial charge in [-0.3, -0.25) is 14.2 Å². The number of aromatic nitrogens is 1. The number of amides is 1. The summed E-state index contributed by atoms with van der Waals surface area (Å²) in [5.74, 6) is 0.356. The molecule has 0 saturated heterocycles. The maximum absolute atomic E-state index is 13.0. The number of benzene rings is 2. The largest absolute Gasteiger partial charge is 0.495 e. The number of ether oxygens (including phenoxy) is 1. The summed E-state index contributed by atoms with van der Waals surface area (Å²) < 4.78 is 7.04. The molecule has 0 bridgehead atoms. The minimum Gasteiger partial charge on any atom is -0.495 e. The summed E-state index contributed by atoms with van der Waals surface area (Å²) >= 11 is 0. The fourth-order valence-electron chi connectivity index (χ4n) is 3.35. The monoisotopic (exact) mass is 364 g/mol. The zero-order valence-corrected chi connectivity index (χ0v) is 16.1. The molecule has 1 N–H and O–H groups in total. The number of nitrogens with zero attached hydrogens (tertiary/aromatic N) is 1. The van der Waals surface area contributed by atoms with Crippen LogP contribution in [0.5, 0.6) is 5.75 Å². The van der Waals surface area contributed by atoms with Crippen LogP contribution in [0.2, 0.25) is 0 Å². The fraction of sp³-hybridized carbons (Fsp3) is 0.273. The molecule has 3 aromatic rings. The number of rotatable bonds is 5. The highest BCUT2D eigenvalue weighted by atomic mass is 16.5.